The summed E-state index contributed by atoms with van der Waals surface area (Å²) in [6.45, 7) is 10.6. The van der Waals surface area contributed by atoms with Crippen LogP contribution in [-0.2, 0) is 5.41 Å². The molecule has 0 spiro atoms. The summed E-state index contributed by atoms with van der Waals surface area (Å²) < 4.78 is 5.61. The maximum Gasteiger partial charge on any atom is 0.129 e. The third-order valence-electron chi connectivity index (χ3n) is 4.07. The van der Waals surface area contributed by atoms with Gasteiger partial charge >= 0.3 is 0 Å². The van der Waals surface area contributed by atoms with E-state index in [2.05, 4.69) is 45.5 Å². The quantitative estimate of drug-likeness (QED) is 0.684. The van der Waals surface area contributed by atoms with E-state index in [-0.39, 0.29) is 5.41 Å². The van der Waals surface area contributed by atoms with Crippen LogP contribution in [0.25, 0.3) is 6.08 Å². The standard InChI is InChI=1S/C16H24O/c1-6-13-11-10-12-14(15(13)17-5)16(7-2,8-3)9-4/h6,10-12H,1,7-9H2,2-5H3. The highest BCUT2D eigenvalue weighted by atomic mass is 16.5. The molecular weight excluding hydrogens is 208 g/mol. The van der Waals surface area contributed by atoms with Gasteiger partial charge in [-0.3, -0.25) is 0 Å². The number of para-hydroxylation sites is 1. The van der Waals surface area contributed by atoms with Crippen molar-refractivity contribution in [3.8, 4) is 5.75 Å². The van der Waals surface area contributed by atoms with Gasteiger partial charge in [-0.1, -0.05) is 51.6 Å². The Balaban J connectivity index is 3.42. The Bertz CT molecular complexity index is 367. The highest BCUT2D eigenvalue weighted by Gasteiger charge is 2.29. The molecule has 0 atom stereocenters. The third-order valence-corrected chi connectivity index (χ3v) is 4.07. The fraction of sp³-hybridized carbons (Fsp3) is 0.500. The first-order chi connectivity index (χ1) is 8.18. The molecule has 0 bridgehead atoms. The zero-order chi connectivity index (χ0) is 12.9. The van der Waals surface area contributed by atoms with Crippen molar-refractivity contribution in [3.63, 3.8) is 0 Å². The number of hydrogen-bond donors (Lipinski definition) is 0. The molecular formula is C16H24O. The van der Waals surface area contributed by atoms with Crippen LogP contribution in [0.3, 0.4) is 0 Å². The topological polar surface area (TPSA) is 9.23 Å². The molecule has 0 fully saturated rings. The molecule has 1 aromatic carbocycles. The van der Waals surface area contributed by atoms with Crippen molar-refractivity contribution in [2.75, 3.05) is 7.11 Å². The van der Waals surface area contributed by atoms with Gasteiger partial charge in [0.05, 0.1) is 7.11 Å². The summed E-state index contributed by atoms with van der Waals surface area (Å²) >= 11 is 0. The van der Waals surface area contributed by atoms with Crippen LogP contribution in [-0.4, -0.2) is 7.11 Å². The molecule has 1 rings (SSSR count). The minimum atomic E-state index is 0.227. The zero-order valence-corrected chi connectivity index (χ0v) is 11.5. The normalized spacial score (nSPS) is 11.3. The van der Waals surface area contributed by atoms with Crippen LogP contribution in [0, 0.1) is 0 Å². The molecule has 0 aliphatic carbocycles. The van der Waals surface area contributed by atoms with Crippen molar-refractivity contribution in [2.24, 2.45) is 0 Å². The lowest BCUT2D eigenvalue weighted by Gasteiger charge is -2.33. The Morgan fingerprint density at radius 1 is 1.18 bits per heavy atom. The molecule has 0 unspecified atom stereocenters. The molecule has 0 saturated carbocycles. The maximum absolute atomic E-state index is 5.61. The summed E-state index contributed by atoms with van der Waals surface area (Å²) in [6, 6.07) is 6.36. The Labute approximate surface area is 106 Å². The van der Waals surface area contributed by atoms with E-state index in [0.717, 1.165) is 30.6 Å². The summed E-state index contributed by atoms with van der Waals surface area (Å²) in [5, 5.41) is 0. The number of benzene rings is 1. The lowest BCUT2D eigenvalue weighted by molar-refractivity contribution is 0.345. The SMILES string of the molecule is C=Cc1cccc(C(CC)(CC)CC)c1OC. The van der Waals surface area contributed by atoms with Crippen LogP contribution in [0.1, 0.15) is 51.2 Å². The van der Waals surface area contributed by atoms with E-state index in [4.69, 9.17) is 4.74 Å². The summed E-state index contributed by atoms with van der Waals surface area (Å²) in [5.74, 6) is 0.994. The van der Waals surface area contributed by atoms with Gasteiger partial charge in [-0.2, -0.15) is 0 Å². The molecule has 1 heteroatoms. The average Bonchev–Trinajstić information content (AvgIpc) is 2.41. The Morgan fingerprint density at radius 3 is 2.18 bits per heavy atom. The predicted molar refractivity (Wildman–Crippen MR) is 75.6 cm³/mol. The Morgan fingerprint density at radius 2 is 1.76 bits per heavy atom. The largest absolute Gasteiger partial charge is 0.496 e. The second-order valence-corrected chi connectivity index (χ2v) is 4.47. The van der Waals surface area contributed by atoms with Crippen molar-refractivity contribution in [1.29, 1.82) is 0 Å². The number of methoxy groups -OCH3 is 1. The average molecular weight is 232 g/mol. The minimum Gasteiger partial charge on any atom is -0.496 e. The van der Waals surface area contributed by atoms with E-state index in [1.165, 1.54) is 5.56 Å². The van der Waals surface area contributed by atoms with Crippen molar-refractivity contribution in [3.05, 3.63) is 35.9 Å². The van der Waals surface area contributed by atoms with Gasteiger partial charge in [0.2, 0.25) is 0 Å². The lowest BCUT2D eigenvalue weighted by atomic mass is 9.73. The second kappa shape index (κ2) is 5.90. The van der Waals surface area contributed by atoms with Crippen LogP contribution >= 0.6 is 0 Å². The van der Waals surface area contributed by atoms with E-state index < -0.39 is 0 Å². The summed E-state index contributed by atoms with van der Waals surface area (Å²) in [6.07, 6.45) is 5.28. The minimum absolute atomic E-state index is 0.227. The zero-order valence-electron chi connectivity index (χ0n) is 11.5. The van der Waals surface area contributed by atoms with Gasteiger partial charge in [0, 0.05) is 11.1 Å². The van der Waals surface area contributed by atoms with Crippen LogP contribution in [0.2, 0.25) is 0 Å². The molecule has 17 heavy (non-hydrogen) atoms. The van der Waals surface area contributed by atoms with Gasteiger partial charge in [-0.15, -0.1) is 0 Å². The molecule has 94 valence electrons. The Kier molecular flexibility index (Phi) is 4.80. The third kappa shape index (κ3) is 2.38. The van der Waals surface area contributed by atoms with Gasteiger partial charge in [-0.25, -0.2) is 0 Å². The van der Waals surface area contributed by atoms with Gasteiger partial charge in [-0.05, 0) is 24.7 Å². The van der Waals surface area contributed by atoms with Crippen molar-refractivity contribution in [1.82, 2.24) is 0 Å². The van der Waals surface area contributed by atoms with Crippen LogP contribution < -0.4 is 4.74 Å². The fourth-order valence-corrected chi connectivity index (χ4v) is 2.68. The van der Waals surface area contributed by atoms with E-state index in [1.807, 2.05) is 6.08 Å². The molecule has 0 heterocycles. The first kappa shape index (κ1) is 13.8. The van der Waals surface area contributed by atoms with Crippen LogP contribution in [0.5, 0.6) is 5.75 Å². The summed E-state index contributed by atoms with van der Waals surface area (Å²) in [7, 11) is 1.75. The van der Waals surface area contributed by atoms with Gasteiger partial charge < -0.3 is 4.74 Å². The van der Waals surface area contributed by atoms with E-state index in [0.29, 0.717) is 0 Å². The van der Waals surface area contributed by atoms with Crippen molar-refractivity contribution < 1.29 is 4.74 Å². The molecule has 0 saturated heterocycles. The van der Waals surface area contributed by atoms with Crippen molar-refractivity contribution in [2.45, 2.75) is 45.4 Å². The van der Waals surface area contributed by atoms with Gasteiger partial charge in [0.25, 0.3) is 0 Å². The lowest BCUT2D eigenvalue weighted by Crippen LogP contribution is -2.24. The van der Waals surface area contributed by atoms with Crippen LogP contribution in [0.15, 0.2) is 24.8 Å². The molecule has 0 aliphatic heterocycles. The van der Waals surface area contributed by atoms with Crippen molar-refractivity contribution >= 4 is 6.08 Å². The highest BCUT2D eigenvalue weighted by Crippen LogP contribution is 2.41. The predicted octanol–water partition coefficient (Wildman–Crippen LogP) is 4.81. The van der Waals surface area contributed by atoms with Crippen LogP contribution in [0.4, 0.5) is 0 Å². The molecule has 0 amide bonds. The number of hydrogen-bond acceptors (Lipinski definition) is 1. The molecule has 1 aromatic rings. The van der Waals surface area contributed by atoms with Gasteiger partial charge in [0.15, 0.2) is 0 Å². The first-order valence-corrected chi connectivity index (χ1v) is 6.49. The number of ether oxygens (including phenoxy) is 1. The van der Waals surface area contributed by atoms with E-state index >= 15 is 0 Å². The molecule has 0 radical (unpaired) electrons. The first-order valence-electron chi connectivity index (χ1n) is 6.49. The fourth-order valence-electron chi connectivity index (χ4n) is 2.68. The molecule has 0 N–H and O–H groups in total. The van der Waals surface area contributed by atoms with E-state index in [9.17, 15) is 0 Å². The number of rotatable bonds is 6. The Hall–Kier alpha value is -1.24. The highest BCUT2D eigenvalue weighted by molar-refractivity contribution is 5.60. The maximum atomic E-state index is 5.61. The molecule has 1 nitrogen and oxygen atoms in total. The second-order valence-electron chi connectivity index (χ2n) is 4.47. The smallest absolute Gasteiger partial charge is 0.129 e. The van der Waals surface area contributed by atoms with E-state index in [1.54, 1.807) is 7.11 Å². The molecule has 0 aromatic heterocycles. The summed E-state index contributed by atoms with van der Waals surface area (Å²) in [5.41, 5.74) is 2.64. The van der Waals surface area contributed by atoms with Gasteiger partial charge in [0.1, 0.15) is 5.75 Å². The summed E-state index contributed by atoms with van der Waals surface area (Å²) in [4.78, 5) is 0. The molecule has 0 aliphatic rings. The monoisotopic (exact) mass is 232 g/mol.